The van der Waals surface area contributed by atoms with Crippen LogP contribution < -0.4 is 16.0 Å². The maximum atomic E-state index is 12.5. The van der Waals surface area contributed by atoms with Crippen molar-refractivity contribution in [3.8, 4) is 0 Å². The van der Waals surface area contributed by atoms with Gasteiger partial charge in [-0.2, -0.15) is 0 Å². The summed E-state index contributed by atoms with van der Waals surface area (Å²) in [5.74, 6) is -0.381. The normalized spacial score (nSPS) is 15.5. The van der Waals surface area contributed by atoms with Crippen molar-refractivity contribution >= 4 is 34.8 Å². The average Bonchev–Trinajstić information content (AvgIpc) is 3.25. The van der Waals surface area contributed by atoms with Crippen molar-refractivity contribution in [2.24, 2.45) is 0 Å². The first-order valence-corrected chi connectivity index (χ1v) is 10.2. The van der Waals surface area contributed by atoms with Crippen LogP contribution in [0.15, 0.2) is 54.6 Å². The number of hydrogen-bond donors (Lipinski definition) is 3. The van der Waals surface area contributed by atoms with Crippen LogP contribution in [0.1, 0.15) is 35.2 Å². The predicted molar refractivity (Wildman–Crippen MR) is 117 cm³/mol. The third-order valence-electron chi connectivity index (χ3n) is 4.67. The molecule has 1 atom stereocenters. The van der Waals surface area contributed by atoms with Gasteiger partial charge < -0.3 is 20.7 Å². The first kappa shape index (κ1) is 21.0. The van der Waals surface area contributed by atoms with Gasteiger partial charge in [0.05, 0.1) is 17.4 Å². The fourth-order valence-electron chi connectivity index (χ4n) is 3.14. The highest BCUT2D eigenvalue weighted by Gasteiger charge is 2.18. The first-order valence-electron chi connectivity index (χ1n) is 9.75. The molecule has 2 aromatic carbocycles. The fraction of sp³-hybridized carbons (Fsp3) is 0.318. The largest absolute Gasteiger partial charge is 0.376 e. The number of ether oxygens (including phenoxy) is 1. The Morgan fingerprint density at radius 2 is 1.83 bits per heavy atom. The molecule has 6 nitrogen and oxygen atoms in total. The van der Waals surface area contributed by atoms with Crippen LogP contribution in [0.5, 0.6) is 0 Å². The molecule has 1 aliphatic heterocycles. The van der Waals surface area contributed by atoms with Crippen molar-refractivity contribution in [1.29, 1.82) is 0 Å². The molecule has 1 fully saturated rings. The molecule has 3 N–H and O–H groups in total. The summed E-state index contributed by atoms with van der Waals surface area (Å²) in [5, 5.41) is 8.70. The van der Waals surface area contributed by atoms with Crippen LogP contribution in [-0.2, 0) is 16.0 Å². The summed E-state index contributed by atoms with van der Waals surface area (Å²) in [5.41, 5.74) is 2.10. The molecule has 0 aliphatic carbocycles. The smallest absolute Gasteiger partial charge is 0.253 e. The van der Waals surface area contributed by atoms with E-state index in [2.05, 4.69) is 16.0 Å². The molecule has 2 aromatic rings. The van der Waals surface area contributed by atoms with Crippen LogP contribution in [0.25, 0.3) is 0 Å². The number of carbonyl (C=O) groups excluding carboxylic acids is 2. The van der Waals surface area contributed by atoms with Crippen molar-refractivity contribution in [3.63, 3.8) is 0 Å². The number of amides is 2. The van der Waals surface area contributed by atoms with Gasteiger partial charge >= 0.3 is 0 Å². The third-order valence-corrected chi connectivity index (χ3v) is 4.87. The lowest BCUT2D eigenvalue weighted by molar-refractivity contribution is -0.119. The van der Waals surface area contributed by atoms with Crippen molar-refractivity contribution in [2.45, 2.75) is 31.8 Å². The van der Waals surface area contributed by atoms with Gasteiger partial charge in [-0.3, -0.25) is 9.59 Å². The Morgan fingerprint density at radius 3 is 2.59 bits per heavy atom. The van der Waals surface area contributed by atoms with E-state index in [4.69, 9.17) is 17.0 Å². The molecule has 1 saturated heterocycles. The van der Waals surface area contributed by atoms with E-state index in [0.29, 0.717) is 30.6 Å². The molecule has 152 valence electrons. The van der Waals surface area contributed by atoms with Crippen molar-refractivity contribution in [1.82, 2.24) is 10.6 Å². The van der Waals surface area contributed by atoms with E-state index in [9.17, 15) is 9.59 Å². The van der Waals surface area contributed by atoms with Crippen LogP contribution in [-0.4, -0.2) is 36.2 Å². The number of para-hydroxylation sites is 1. The Kier molecular flexibility index (Phi) is 7.72. The van der Waals surface area contributed by atoms with Crippen molar-refractivity contribution < 1.29 is 14.3 Å². The van der Waals surface area contributed by atoms with Gasteiger partial charge in [-0.1, -0.05) is 42.5 Å². The van der Waals surface area contributed by atoms with Crippen molar-refractivity contribution in [3.05, 3.63) is 65.7 Å². The minimum Gasteiger partial charge on any atom is -0.376 e. The standard InChI is InChI=1S/C22H25N3O3S/c26-20(13-12-16-7-2-1-3-8-16)25-22(29)24-19-11-5-4-10-18(19)21(27)23-15-17-9-6-14-28-17/h1-5,7-8,10-11,17H,6,9,12-15H2,(H,23,27)(H2,24,25,26,29). The number of benzene rings is 2. The second-order valence-corrected chi connectivity index (χ2v) is 7.29. The monoisotopic (exact) mass is 411 g/mol. The highest BCUT2D eigenvalue weighted by atomic mass is 32.1. The number of rotatable bonds is 7. The minimum atomic E-state index is -0.207. The Bertz CT molecular complexity index is 851. The molecule has 0 radical (unpaired) electrons. The van der Waals surface area contributed by atoms with Gasteiger partial charge in [-0.15, -0.1) is 0 Å². The number of nitrogens with one attached hydrogen (secondary N) is 3. The van der Waals surface area contributed by atoms with Gasteiger partial charge in [0.2, 0.25) is 5.91 Å². The van der Waals surface area contributed by atoms with Gasteiger partial charge in [-0.25, -0.2) is 0 Å². The van der Waals surface area contributed by atoms with Gasteiger partial charge in [0, 0.05) is 19.6 Å². The topological polar surface area (TPSA) is 79.5 Å². The Labute approximate surface area is 176 Å². The van der Waals surface area contributed by atoms with Crippen molar-refractivity contribution in [2.75, 3.05) is 18.5 Å². The van der Waals surface area contributed by atoms with E-state index in [1.54, 1.807) is 24.3 Å². The molecule has 7 heteroatoms. The van der Waals surface area contributed by atoms with Crippen LogP contribution in [0, 0.1) is 0 Å². The Balaban J connectivity index is 1.50. The maximum Gasteiger partial charge on any atom is 0.253 e. The number of hydrogen-bond acceptors (Lipinski definition) is 4. The number of aryl methyl sites for hydroxylation is 1. The summed E-state index contributed by atoms with van der Waals surface area (Å²) >= 11 is 5.25. The van der Waals surface area contributed by atoms with Gasteiger partial charge in [0.1, 0.15) is 0 Å². The van der Waals surface area contributed by atoms with Gasteiger partial charge in [0.25, 0.3) is 5.91 Å². The zero-order valence-electron chi connectivity index (χ0n) is 16.1. The molecule has 0 saturated carbocycles. The van der Waals surface area contributed by atoms with Crippen LogP contribution in [0.4, 0.5) is 5.69 Å². The summed E-state index contributed by atoms with van der Waals surface area (Å²) in [6, 6.07) is 16.9. The Hall–Kier alpha value is -2.77. The van der Waals surface area contributed by atoms with E-state index in [1.165, 1.54) is 0 Å². The fourth-order valence-corrected chi connectivity index (χ4v) is 3.37. The van der Waals surface area contributed by atoms with E-state index in [1.807, 2.05) is 30.3 Å². The second-order valence-electron chi connectivity index (χ2n) is 6.88. The van der Waals surface area contributed by atoms with E-state index < -0.39 is 0 Å². The molecule has 29 heavy (non-hydrogen) atoms. The van der Waals surface area contributed by atoms with Gasteiger partial charge in [0.15, 0.2) is 5.11 Å². The summed E-state index contributed by atoms with van der Waals surface area (Å²) in [4.78, 5) is 24.7. The van der Waals surface area contributed by atoms with E-state index >= 15 is 0 Å². The summed E-state index contributed by atoms with van der Waals surface area (Å²) in [7, 11) is 0. The zero-order valence-corrected chi connectivity index (χ0v) is 17.0. The quantitative estimate of drug-likeness (QED) is 0.611. The third kappa shape index (κ3) is 6.66. The molecule has 2 amide bonds. The first-order chi connectivity index (χ1) is 14.1. The molecule has 1 heterocycles. The lowest BCUT2D eigenvalue weighted by Crippen LogP contribution is -2.36. The van der Waals surface area contributed by atoms with E-state index in [-0.39, 0.29) is 23.0 Å². The zero-order chi connectivity index (χ0) is 20.5. The predicted octanol–water partition coefficient (Wildman–Crippen LogP) is 3.04. The summed E-state index contributed by atoms with van der Waals surface area (Å²) < 4.78 is 5.53. The lowest BCUT2D eigenvalue weighted by Gasteiger charge is -2.15. The molecular weight excluding hydrogens is 386 g/mol. The molecule has 1 aliphatic rings. The summed E-state index contributed by atoms with van der Waals surface area (Å²) in [6.07, 6.45) is 3.02. The maximum absolute atomic E-state index is 12.5. The molecule has 0 bridgehead atoms. The van der Waals surface area contributed by atoms with Crippen LogP contribution in [0.2, 0.25) is 0 Å². The molecule has 0 spiro atoms. The number of thiocarbonyl (C=S) groups is 1. The molecule has 0 aromatic heterocycles. The minimum absolute atomic E-state index is 0.0732. The van der Waals surface area contributed by atoms with E-state index in [0.717, 1.165) is 25.0 Å². The average molecular weight is 412 g/mol. The number of carbonyl (C=O) groups is 2. The SMILES string of the molecule is O=C(CCc1ccccc1)NC(=S)Nc1ccccc1C(=O)NCC1CCCO1. The molecule has 3 rings (SSSR count). The van der Waals surface area contributed by atoms with Gasteiger partial charge in [-0.05, 0) is 49.2 Å². The summed E-state index contributed by atoms with van der Waals surface area (Å²) in [6.45, 7) is 1.23. The molecular formula is C22H25N3O3S. The lowest BCUT2D eigenvalue weighted by atomic mass is 10.1. The molecule has 1 unspecified atom stereocenters. The van der Waals surface area contributed by atoms with Crippen LogP contribution >= 0.6 is 12.2 Å². The second kappa shape index (κ2) is 10.7. The Morgan fingerprint density at radius 1 is 1.07 bits per heavy atom. The highest BCUT2D eigenvalue weighted by Crippen LogP contribution is 2.16. The highest BCUT2D eigenvalue weighted by molar-refractivity contribution is 7.80. The van der Waals surface area contributed by atoms with Crippen LogP contribution in [0.3, 0.4) is 0 Å². The number of anilines is 1.